The van der Waals surface area contributed by atoms with E-state index < -0.39 is 0 Å². The van der Waals surface area contributed by atoms with Crippen molar-refractivity contribution in [2.24, 2.45) is 12.2 Å². The van der Waals surface area contributed by atoms with Crippen molar-refractivity contribution in [1.82, 2.24) is 20.4 Å². The van der Waals surface area contributed by atoms with Crippen molar-refractivity contribution in [3.63, 3.8) is 0 Å². The Bertz CT molecular complexity index is 875. The maximum absolute atomic E-state index is 7.49. The van der Waals surface area contributed by atoms with Crippen LogP contribution >= 0.6 is 0 Å². The van der Waals surface area contributed by atoms with Crippen LogP contribution in [-0.4, -0.2) is 22.4 Å². The van der Waals surface area contributed by atoms with E-state index in [1.165, 1.54) is 43.2 Å². The zero-order valence-corrected chi connectivity index (χ0v) is 16.8. The van der Waals surface area contributed by atoms with E-state index in [1.54, 1.807) is 0 Å². The van der Waals surface area contributed by atoms with Gasteiger partial charge in [0, 0.05) is 43.0 Å². The lowest BCUT2D eigenvalue weighted by atomic mass is 9.90. The molecule has 1 atom stereocenters. The standard InChI is InChI=1S/C22H30N6/c1-15(27-23)22-19-9-8-16(17-13-25-28(2)14-17)12-20(19)21(10-11-24-22)26-18-6-4-3-5-7-18/h8-9,12-14,18,21,23-24,26H,3-7,10-11H2,1-2H3/b22-15-,27-23?. The third kappa shape index (κ3) is 3.87. The quantitative estimate of drug-likeness (QED) is 0.671. The summed E-state index contributed by atoms with van der Waals surface area (Å²) in [5.74, 6) is 0. The summed E-state index contributed by atoms with van der Waals surface area (Å²) in [5.41, 5.74) is 14.0. The van der Waals surface area contributed by atoms with E-state index in [4.69, 9.17) is 5.53 Å². The zero-order valence-electron chi connectivity index (χ0n) is 16.8. The summed E-state index contributed by atoms with van der Waals surface area (Å²) in [4.78, 5) is 0. The van der Waals surface area contributed by atoms with Gasteiger partial charge in [-0.15, -0.1) is 0 Å². The predicted octanol–water partition coefficient (Wildman–Crippen LogP) is 4.76. The smallest absolute Gasteiger partial charge is 0.0829 e. The number of nitrogens with zero attached hydrogens (tertiary/aromatic N) is 3. The molecule has 6 heteroatoms. The fourth-order valence-corrected chi connectivity index (χ4v) is 4.53. The van der Waals surface area contributed by atoms with Crippen molar-refractivity contribution in [3.8, 4) is 11.1 Å². The van der Waals surface area contributed by atoms with Gasteiger partial charge in [-0.05, 0) is 43.4 Å². The minimum absolute atomic E-state index is 0.304. The molecular weight excluding hydrogens is 348 g/mol. The number of allylic oxidation sites excluding steroid dienone is 1. The second-order valence-corrected chi connectivity index (χ2v) is 8.05. The molecule has 0 amide bonds. The van der Waals surface area contributed by atoms with Crippen molar-refractivity contribution >= 4 is 5.70 Å². The molecule has 0 bridgehead atoms. The molecule has 0 spiro atoms. The van der Waals surface area contributed by atoms with Gasteiger partial charge < -0.3 is 10.6 Å². The van der Waals surface area contributed by atoms with Crippen LogP contribution in [0, 0.1) is 5.53 Å². The molecule has 1 aliphatic heterocycles. The Morgan fingerprint density at radius 1 is 1.21 bits per heavy atom. The van der Waals surface area contributed by atoms with E-state index in [0.717, 1.165) is 35.5 Å². The van der Waals surface area contributed by atoms with Crippen LogP contribution in [0.5, 0.6) is 0 Å². The summed E-state index contributed by atoms with van der Waals surface area (Å²) in [6, 6.07) is 7.53. The van der Waals surface area contributed by atoms with Gasteiger partial charge in [-0.2, -0.15) is 10.2 Å². The lowest BCUT2D eigenvalue weighted by molar-refractivity contribution is 0.331. The molecule has 1 aliphatic carbocycles. The molecule has 2 heterocycles. The first kappa shape index (κ1) is 18.9. The number of hydrogen-bond acceptors (Lipinski definition) is 5. The fraction of sp³-hybridized carbons (Fsp3) is 0.500. The van der Waals surface area contributed by atoms with Crippen LogP contribution in [0.2, 0.25) is 0 Å². The van der Waals surface area contributed by atoms with Crippen LogP contribution in [0.4, 0.5) is 0 Å². The molecule has 0 saturated heterocycles. The molecule has 1 aromatic carbocycles. The summed E-state index contributed by atoms with van der Waals surface area (Å²) in [6.07, 6.45) is 11.6. The molecular formula is C22H30N6. The number of aryl methyl sites for hydroxylation is 1. The second kappa shape index (κ2) is 8.27. The molecule has 28 heavy (non-hydrogen) atoms. The highest BCUT2D eigenvalue weighted by Gasteiger charge is 2.26. The second-order valence-electron chi connectivity index (χ2n) is 8.05. The molecule has 1 fully saturated rings. The summed E-state index contributed by atoms with van der Waals surface area (Å²) < 4.78 is 1.84. The van der Waals surface area contributed by atoms with Gasteiger partial charge in [0.05, 0.1) is 17.6 Å². The van der Waals surface area contributed by atoms with Crippen LogP contribution in [0.1, 0.15) is 62.6 Å². The van der Waals surface area contributed by atoms with E-state index >= 15 is 0 Å². The molecule has 0 radical (unpaired) electrons. The van der Waals surface area contributed by atoms with Gasteiger partial charge in [0.2, 0.25) is 0 Å². The summed E-state index contributed by atoms with van der Waals surface area (Å²) in [7, 11) is 1.95. The van der Waals surface area contributed by atoms with Gasteiger partial charge in [0.25, 0.3) is 0 Å². The Morgan fingerprint density at radius 2 is 2.04 bits per heavy atom. The van der Waals surface area contributed by atoms with Gasteiger partial charge in [0.1, 0.15) is 0 Å². The van der Waals surface area contributed by atoms with Crippen LogP contribution in [-0.2, 0) is 7.05 Å². The number of fused-ring (bicyclic) bond motifs is 1. The first-order chi connectivity index (χ1) is 13.7. The van der Waals surface area contributed by atoms with Crippen LogP contribution in [0.15, 0.2) is 41.4 Å². The van der Waals surface area contributed by atoms with Gasteiger partial charge in [0.15, 0.2) is 0 Å². The first-order valence-electron chi connectivity index (χ1n) is 10.4. The van der Waals surface area contributed by atoms with Gasteiger partial charge >= 0.3 is 0 Å². The lowest BCUT2D eigenvalue weighted by Crippen LogP contribution is -2.35. The third-order valence-electron chi connectivity index (χ3n) is 6.04. The maximum atomic E-state index is 7.49. The summed E-state index contributed by atoms with van der Waals surface area (Å²) in [6.45, 7) is 2.78. The lowest BCUT2D eigenvalue weighted by Gasteiger charge is -2.29. The number of hydrogen-bond donors (Lipinski definition) is 3. The summed E-state index contributed by atoms with van der Waals surface area (Å²) in [5, 5.41) is 15.5. The SMILES string of the molecule is C/C(N=N)=C1/NCCC(NC2CCCCC2)c2cc(-c3cnn(C)c3)ccc21. The molecule has 2 aromatic rings. The average molecular weight is 379 g/mol. The molecule has 3 N–H and O–H groups in total. The van der Waals surface area contributed by atoms with Crippen LogP contribution < -0.4 is 10.6 Å². The Balaban J connectivity index is 1.75. The highest BCUT2D eigenvalue weighted by atomic mass is 15.2. The average Bonchev–Trinajstić information content (AvgIpc) is 3.08. The zero-order chi connectivity index (χ0) is 19.5. The molecule has 1 saturated carbocycles. The van der Waals surface area contributed by atoms with Gasteiger partial charge in [-0.25, -0.2) is 5.53 Å². The van der Waals surface area contributed by atoms with E-state index in [2.05, 4.69) is 45.2 Å². The van der Waals surface area contributed by atoms with Crippen molar-refractivity contribution in [1.29, 1.82) is 5.53 Å². The van der Waals surface area contributed by atoms with Crippen molar-refractivity contribution in [2.75, 3.05) is 6.54 Å². The highest BCUT2D eigenvalue weighted by Crippen LogP contribution is 2.35. The maximum Gasteiger partial charge on any atom is 0.0829 e. The molecule has 148 valence electrons. The Morgan fingerprint density at radius 3 is 2.75 bits per heavy atom. The third-order valence-corrected chi connectivity index (χ3v) is 6.04. The number of aromatic nitrogens is 2. The number of benzene rings is 1. The highest BCUT2D eigenvalue weighted by molar-refractivity contribution is 5.74. The first-order valence-corrected chi connectivity index (χ1v) is 10.4. The van der Waals surface area contributed by atoms with Crippen molar-refractivity contribution in [3.05, 3.63) is 47.4 Å². The molecule has 1 aromatic heterocycles. The van der Waals surface area contributed by atoms with E-state index in [-0.39, 0.29) is 0 Å². The summed E-state index contributed by atoms with van der Waals surface area (Å²) >= 11 is 0. The Labute approximate surface area is 166 Å². The molecule has 6 nitrogen and oxygen atoms in total. The molecule has 1 unspecified atom stereocenters. The minimum atomic E-state index is 0.304. The van der Waals surface area contributed by atoms with Gasteiger partial charge in [-0.3, -0.25) is 4.68 Å². The normalized spacial score (nSPS) is 22.1. The minimum Gasteiger partial charge on any atom is -0.383 e. The van der Waals surface area contributed by atoms with E-state index in [0.29, 0.717) is 12.1 Å². The molecule has 2 aliphatic rings. The molecule has 4 rings (SSSR count). The van der Waals surface area contributed by atoms with Crippen molar-refractivity contribution < 1.29 is 0 Å². The van der Waals surface area contributed by atoms with E-state index in [1.807, 2.05) is 24.9 Å². The Hall–Kier alpha value is -2.47. The van der Waals surface area contributed by atoms with E-state index in [9.17, 15) is 0 Å². The van der Waals surface area contributed by atoms with Gasteiger partial charge in [-0.1, -0.05) is 31.4 Å². The van der Waals surface area contributed by atoms with Crippen molar-refractivity contribution in [2.45, 2.75) is 57.5 Å². The largest absolute Gasteiger partial charge is 0.383 e. The number of nitrogens with one attached hydrogen (secondary N) is 3. The monoisotopic (exact) mass is 378 g/mol. The van der Waals surface area contributed by atoms with Crippen LogP contribution in [0.25, 0.3) is 16.8 Å². The predicted molar refractivity (Wildman–Crippen MR) is 112 cm³/mol. The fourth-order valence-electron chi connectivity index (χ4n) is 4.53. The Kier molecular flexibility index (Phi) is 5.57. The van der Waals surface area contributed by atoms with Crippen LogP contribution in [0.3, 0.4) is 0 Å². The number of rotatable bonds is 4. The topological polar surface area (TPSA) is 78.1 Å².